The van der Waals surface area contributed by atoms with Gasteiger partial charge in [0.05, 0.1) is 6.54 Å². The lowest BCUT2D eigenvalue weighted by molar-refractivity contribution is -0.153. The van der Waals surface area contributed by atoms with Crippen LogP contribution in [0.3, 0.4) is 0 Å². The van der Waals surface area contributed by atoms with Crippen molar-refractivity contribution in [1.29, 1.82) is 0 Å². The van der Waals surface area contributed by atoms with Gasteiger partial charge in [-0.05, 0) is 12.8 Å². The highest BCUT2D eigenvalue weighted by Gasteiger charge is 2.36. The van der Waals surface area contributed by atoms with Crippen molar-refractivity contribution in [2.24, 2.45) is 5.92 Å². The Morgan fingerprint density at radius 1 is 1.44 bits per heavy atom. The lowest BCUT2D eigenvalue weighted by Gasteiger charge is -2.41. The van der Waals surface area contributed by atoms with Crippen LogP contribution in [-0.2, 0) is 0 Å². The summed E-state index contributed by atoms with van der Waals surface area (Å²) in [5, 5.41) is 3.33. The van der Waals surface area contributed by atoms with Gasteiger partial charge in [-0.15, -0.1) is 0 Å². The maximum Gasteiger partial charge on any atom is 0.401 e. The molecule has 0 radical (unpaired) electrons. The van der Waals surface area contributed by atoms with Crippen LogP contribution >= 0.6 is 0 Å². The van der Waals surface area contributed by atoms with E-state index < -0.39 is 12.7 Å². The fourth-order valence-corrected chi connectivity index (χ4v) is 2.06. The van der Waals surface area contributed by atoms with E-state index in [4.69, 9.17) is 0 Å². The molecule has 1 N–H and O–H groups in total. The van der Waals surface area contributed by atoms with E-state index in [0.29, 0.717) is 19.0 Å². The number of hydrogen-bond acceptors (Lipinski definition) is 2. The summed E-state index contributed by atoms with van der Waals surface area (Å²) in [6.07, 6.45) is -3.10. The molecule has 1 rings (SSSR count). The number of rotatable bonds is 3. The Kier molecular flexibility index (Phi) is 4.62. The molecule has 16 heavy (non-hydrogen) atoms. The lowest BCUT2D eigenvalue weighted by Crippen LogP contribution is -2.59. The van der Waals surface area contributed by atoms with Gasteiger partial charge in [-0.25, -0.2) is 0 Å². The Morgan fingerprint density at radius 3 is 2.56 bits per heavy atom. The number of piperazine rings is 1. The molecule has 3 unspecified atom stereocenters. The zero-order valence-electron chi connectivity index (χ0n) is 10.1. The standard InChI is InChI=1S/C11H21F3N2/c1-4-8(2)10-6-16(7-11(12,13)14)9(3)5-15-10/h8-10,15H,4-7H2,1-3H3. The number of nitrogens with zero attached hydrogens (tertiary/aromatic N) is 1. The number of halogens is 3. The molecule has 2 nitrogen and oxygen atoms in total. The molecule has 0 spiro atoms. The zero-order chi connectivity index (χ0) is 12.3. The van der Waals surface area contributed by atoms with Crippen LogP contribution in [0.1, 0.15) is 27.2 Å². The van der Waals surface area contributed by atoms with Crippen LogP contribution < -0.4 is 5.32 Å². The van der Waals surface area contributed by atoms with Gasteiger partial charge in [0, 0.05) is 25.2 Å². The maximum absolute atomic E-state index is 12.4. The Bertz CT molecular complexity index is 218. The van der Waals surface area contributed by atoms with E-state index in [1.807, 2.05) is 6.92 Å². The lowest BCUT2D eigenvalue weighted by atomic mass is 9.96. The van der Waals surface area contributed by atoms with Crippen molar-refractivity contribution >= 4 is 0 Å². The first-order chi connectivity index (χ1) is 7.33. The monoisotopic (exact) mass is 238 g/mol. The van der Waals surface area contributed by atoms with Crippen molar-refractivity contribution in [2.45, 2.75) is 45.5 Å². The summed E-state index contributed by atoms with van der Waals surface area (Å²) in [7, 11) is 0. The van der Waals surface area contributed by atoms with Crippen molar-refractivity contribution in [1.82, 2.24) is 10.2 Å². The molecule has 0 aromatic rings. The second-order valence-electron chi connectivity index (χ2n) is 4.79. The molecule has 0 bridgehead atoms. The van der Waals surface area contributed by atoms with E-state index in [9.17, 15) is 13.2 Å². The Hall–Kier alpha value is -0.290. The SMILES string of the molecule is CCC(C)C1CN(CC(F)(F)F)C(C)CN1. The smallest absolute Gasteiger partial charge is 0.311 e. The van der Waals surface area contributed by atoms with Gasteiger partial charge in [-0.2, -0.15) is 13.2 Å². The molecule has 0 aromatic heterocycles. The van der Waals surface area contributed by atoms with Crippen LogP contribution in [0, 0.1) is 5.92 Å². The molecule has 1 heterocycles. The minimum atomic E-state index is -4.09. The van der Waals surface area contributed by atoms with Gasteiger partial charge in [-0.1, -0.05) is 20.3 Å². The highest BCUT2D eigenvalue weighted by Crippen LogP contribution is 2.21. The van der Waals surface area contributed by atoms with Gasteiger partial charge < -0.3 is 5.32 Å². The molecule has 0 amide bonds. The highest BCUT2D eigenvalue weighted by molar-refractivity contribution is 4.87. The van der Waals surface area contributed by atoms with E-state index in [1.165, 1.54) is 4.90 Å². The van der Waals surface area contributed by atoms with Gasteiger partial charge in [-0.3, -0.25) is 4.90 Å². The van der Waals surface area contributed by atoms with E-state index in [0.717, 1.165) is 6.42 Å². The molecule has 1 aliphatic rings. The summed E-state index contributed by atoms with van der Waals surface area (Å²) in [6, 6.07) is 0.144. The fourth-order valence-electron chi connectivity index (χ4n) is 2.06. The third-order valence-electron chi connectivity index (χ3n) is 3.44. The zero-order valence-corrected chi connectivity index (χ0v) is 10.1. The quantitative estimate of drug-likeness (QED) is 0.811. The van der Waals surface area contributed by atoms with E-state index >= 15 is 0 Å². The van der Waals surface area contributed by atoms with Crippen molar-refractivity contribution in [3.05, 3.63) is 0 Å². The second kappa shape index (κ2) is 5.36. The predicted octanol–water partition coefficient (Wildman–Crippen LogP) is 2.26. The summed E-state index contributed by atoms with van der Waals surface area (Å²) in [4.78, 5) is 1.54. The number of hydrogen-bond donors (Lipinski definition) is 1. The first-order valence-electron chi connectivity index (χ1n) is 5.87. The predicted molar refractivity (Wildman–Crippen MR) is 58.3 cm³/mol. The average Bonchev–Trinajstić information content (AvgIpc) is 2.18. The molecule has 0 aliphatic carbocycles. The molecule has 1 saturated heterocycles. The Morgan fingerprint density at radius 2 is 2.06 bits per heavy atom. The minimum absolute atomic E-state index is 0.0399. The molecular weight excluding hydrogens is 217 g/mol. The normalized spacial score (nSPS) is 30.4. The molecule has 1 aliphatic heterocycles. The maximum atomic E-state index is 12.4. The fraction of sp³-hybridized carbons (Fsp3) is 1.00. The van der Waals surface area contributed by atoms with Crippen molar-refractivity contribution in [2.75, 3.05) is 19.6 Å². The molecular formula is C11H21F3N2. The largest absolute Gasteiger partial charge is 0.401 e. The average molecular weight is 238 g/mol. The van der Waals surface area contributed by atoms with Crippen LogP contribution in [-0.4, -0.2) is 42.8 Å². The van der Waals surface area contributed by atoms with Crippen LogP contribution in [0.4, 0.5) is 13.2 Å². The number of nitrogens with one attached hydrogen (secondary N) is 1. The van der Waals surface area contributed by atoms with E-state index in [2.05, 4.69) is 19.2 Å². The summed E-state index contributed by atoms with van der Waals surface area (Å²) in [6.45, 7) is 6.34. The van der Waals surface area contributed by atoms with Crippen molar-refractivity contribution in [3.63, 3.8) is 0 Å². The van der Waals surface area contributed by atoms with E-state index in [-0.39, 0.29) is 12.1 Å². The van der Waals surface area contributed by atoms with Gasteiger partial charge in [0.1, 0.15) is 0 Å². The first kappa shape index (κ1) is 13.8. The second-order valence-corrected chi connectivity index (χ2v) is 4.79. The minimum Gasteiger partial charge on any atom is -0.311 e. The van der Waals surface area contributed by atoms with Gasteiger partial charge in [0.25, 0.3) is 0 Å². The van der Waals surface area contributed by atoms with Crippen molar-refractivity contribution < 1.29 is 13.2 Å². The van der Waals surface area contributed by atoms with Gasteiger partial charge in [0.2, 0.25) is 0 Å². The third-order valence-corrected chi connectivity index (χ3v) is 3.44. The molecule has 0 aromatic carbocycles. The Labute approximate surface area is 95.2 Å². The summed E-state index contributed by atoms with van der Waals surface area (Å²) >= 11 is 0. The van der Waals surface area contributed by atoms with Crippen LogP contribution in [0.2, 0.25) is 0 Å². The molecule has 5 heteroatoms. The molecule has 0 saturated carbocycles. The summed E-state index contributed by atoms with van der Waals surface area (Å²) in [5.74, 6) is 0.420. The summed E-state index contributed by atoms with van der Waals surface area (Å²) in [5.41, 5.74) is 0. The first-order valence-corrected chi connectivity index (χ1v) is 5.87. The van der Waals surface area contributed by atoms with Crippen LogP contribution in [0.25, 0.3) is 0 Å². The topological polar surface area (TPSA) is 15.3 Å². The molecule has 3 atom stereocenters. The molecule has 96 valence electrons. The molecule has 1 fully saturated rings. The van der Waals surface area contributed by atoms with Gasteiger partial charge >= 0.3 is 6.18 Å². The third kappa shape index (κ3) is 3.94. The van der Waals surface area contributed by atoms with Crippen LogP contribution in [0.5, 0.6) is 0 Å². The highest BCUT2D eigenvalue weighted by atomic mass is 19.4. The van der Waals surface area contributed by atoms with Crippen LogP contribution in [0.15, 0.2) is 0 Å². The van der Waals surface area contributed by atoms with Gasteiger partial charge in [0.15, 0.2) is 0 Å². The summed E-state index contributed by atoms with van der Waals surface area (Å²) < 4.78 is 37.1. The van der Waals surface area contributed by atoms with Crippen molar-refractivity contribution in [3.8, 4) is 0 Å². The van der Waals surface area contributed by atoms with E-state index in [1.54, 1.807) is 0 Å². The Balaban J connectivity index is 2.55. The number of alkyl halides is 3.